The fourth-order valence-corrected chi connectivity index (χ4v) is 1.76. The molecule has 1 atom stereocenters. The minimum Gasteiger partial charge on any atom is -0.387 e. The molecule has 1 aliphatic heterocycles. The fourth-order valence-electron chi connectivity index (χ4n) is 1.76. The second-order valence-corrected chi connectivity index (χ2v) is 3.94. The Hall–Kier alpha value is -1.00. The summed E-state index contributed by atoms with van der Waals surface area (Å²) in [5, 5.41) is 9.95. The molecular formula is C11H12F2O2. The summed E-state index contributed by atoms with van der Waals surface area (Å²) >= 11 is 0. The number of rotatable bonds is 2. The standard InChI is InChI=1S/C11H12F2O2/c12-9-2-1-8(10(13)5-9)6-11(14)3-4-15-7-11/h1-2,5,14H,3-4,6-7H2. The van der Waals surface area contributed by atoms with Crippen LogP contribution in [0.2, 0.25) is 0 Å². The summed E-state index contributed by atoms with van der Waals surface area (Å²) in [7, 11) is 0. The van der Waals surface area contributed by atoms with E-state index in [0.717, 1.165) is 6.07 Å². The molecule has 0 radical (unpaired) electrons. The molecule has 4 heteroatoms. The Morgan fingerprint density at radius 1 is 1.40 bits per heavy atom. The van der Waals surface area contributed by atoms with E-state index in [0.29, 0.717) is 18.6 Å². The van der Waals surface area contributed by atoms with Crippen molar-refractivity contribution in [2.45, 2.75) is 18.4 Å². The van der Waals surface area contributed by atoms with E-state index in [9.17, 15) is 13.9 Å². The van der Waals surface area contributed by atoms with Crippen molar-refractivity contribution >= 4 is 0 Å². The summed E-state index contributed by atoms with van der Waals surface area (Å²) in [6.45, 7) is 0.698. The zero-order valence-corrected chi connectivity index (χ0v) is 8.17. The van der Waals surface area contributed by atoms with Gasteiger partial charge in [0.2, 0.25) is 0 Å². The van der Waals surface area contributed by atoms with E-state index in [1.807, 2.05) is 0 Å². The van der Waals surface area contributed by atoms with Crippen molar-refractivity contribution in [3.05, 3.63) is 35.4 Å². The molecule has 0 aliphatic carbocycles. The fraction of sp³-hybridized carbons (Fsp3) is 0.455. The minimum atomic E-state index is -1.00. The molecule has 2 nitrogen and oxygen atoms in total. The van der Waals surface area contributed by atoms with Crippen molar-refractivity contribution in [2.24, 2.45) is 0 Å². The molecule has 15 heavy (non-hydrogen) atoms. The van der Waals surface area contributed by atoms with Gasteiger partial charge >= 0.3 is 0 Å². The maximum absolute atomic E-state index is 13.3. The highest BCUT2D eigenvalue weighted by Gasteiger charge is 2.33. The molecule has 2 rings (SSSR count). The first-order valence-corrected chi connectivity index (χ1v) is 4.83. The van der Waals surface area contributed by atoms with Gasteiger partial charge in [0.05, 0.1) is 12.2 Å². The number of benzene rings is 1. The van der Waals surface area contributed by atoms with Gasteiger partial charge in [-0.25, -0.2) is 8.78 Å². The lowest BCUT2D eigenvalue weighted by atomic mass is 9.93. The highest BCUT2D eigenvalue weighted by atomic mass is 19.1. The van der Waals surface area contributed by atoms with Crippen molar-refractivity contribution in [2.75, 3.05) is 13.2 Å². The average molecular weight is 214 g/mol. The predicted octanol–water partition coefficient (Wildman–Crippen LogP) is 1.66. The van der Waals surface area contributed by atoms with Crippen molar-refractivity contribution in [1.29, 1.82) is 0 Å². The zero-order valence-electron chi connectivity index (χ0n) is 8.17. The van der Waals surface area contributed by atoms with Crippen LogP contribution in [-0.4, -0.2) is 23.9 Å². The van der Waals surface area contributed by atoms with Gasteiger partial charge in [0.25, 0.3) is 0 Å². The van der Waals surface area contributed by atoms with Gasteiger partial charge in [-0.2, -0.15) is 0 Å². The Kier molecular flexibility index (Phi) is 2.71. The summed E-state index contributed by atoms with van der Waals surface area (Å²) in [6.07, 6.45) is 0.656. The molecule has 0 aromatic heterocycles. The van der Waals surface area contributed by atoms with Crippen LogP contribution in [0.3, 0.4) is 0 Å². The second-order valence-electron chi connectivity index (χ2n) is 3.94. The van der Waals surface area contributed by atoms with Crippen molar-refractivity contribution in [1.82, 2.24) is 0 Å². The van der Waals surface area contributed by atoms with Crippen LogP contribution >= 0.6 is 0 Å². The molecule has 1 saturated heterocycles. The molecule has 0 spiro atoms. The largest absolute Gasteiger partial charge is 0.387 e. The molecule has 1 unspecified atom stereocenters. The molecule has 0 bridgehead atoms. The zero-order chi connectivity index (χ0) is 10.9. The molecule has 1 aliphatic rings. The van der Waals surface area contributed by atoms with Crippen molar-refractivity contribution in [3.8, 4) is 0 Å². The topological polar surface area (TPSA) is 29.5 Å². The van der Waals surface area contributed by atoms with Gasteiger partial charge < -0.3 is 9.84 Å². The molecule has 1 fully saturated rings. The van der Waals surface area contributed by atoms with Crippen molar-refractivity contribution in [3.63, 3.8) is 0 Å². The molecule has 0 saturated carbocycles. The minimum absolute atomic E-state index is 0.166. The average Bonchev–Trinajstić information content (AvgIpc) is 2.58. The molecule has 0 amide bonds. The number of aliphatic hydroxyl groups is 1. The number of hydrogen-bond donors (Lipinski definition) is 1. The maximum atomic E-state index is 13.3. The maximum Gasteiger partial charge on any atom is 0.129 e. The lowest BCUT2D eigenvalue weighted by Crippen LogP contribution is -2.31. The monoisotopic (exact) mass is 214 g/mol. The summed E-state index contributed by atoms with van der Waals surface area (Å²) in [6, 6.07) is 3.38. The van der Waals surface area contributed by atoms with Crippen LogP contribution in [0.25, 0.3) is 0 Å². The van der Waals surface area contributed by atoms with Crippen molar-refractivity contribution < 1.29 is 18.6 Å². The van der Waals surface area contributed by atoms with E-state index in [1.165, 1.54) is 12.1 Å². The van der Waals surface area contributed by atoms with E-state index in [2.05, 4.69) is 0 Å². The molecular weight excluding hydrogens is 202 g/mol. The first-order valence-electron chi connectivity index (χ1n) is 4.83. The Morgan fingerprint density at radius 3 is 2.80 bits per heavy atom. The third-order valence-electron chi connectivity index (χ3n) is 2.62. The van der Waals surface area contributed by atoms with Gasteiger partial charge in [-0.15, -0.1) is 0 Å². The van der Waals surface area contributed by atoms with E-state index in [4.69, 9.17) is 4.74 Å². The summed E-state index contributed by atoms with van der Waals surface area (Å²) in [4.78, 5) is 0. The SMILES string of the molecule is OC1(Cc2ccc(F)cc2F)CCOC1. The van der Waals surface area contributed by atoms with E-state index >= 15 is 0 Å². The van der Waals surface area contributed by atoms with Gasteiger partial charge in [0.15, 0.2) is 0 Å². The van der Waals surface area contributed by atoms with Gasteiger partial charge in [-0.1, -0.05) is 6.07 Å². The van der Waals surface area contributed by atoms with E-state index < -0.39 is 17.2 Å². The number of halogens is 2. The van der Waals surface area contributed by atoms with E-state index in [-0.39, 0.29) is 13.0 Å². The van der Waals surface area contributed by atoms with Gasteiger partial charge in [0.1, 0.15) is 11.6 Å². The normalized spacial score (nSPS) is 25.8. The third-order valence-corrected chi connectivity index (χ3v) is 2.62. The highest BCUT2D eigenvalue weighted by Crippen LogP contribution is 2.24. The van der Waals surface area contributed by atoms with Crippen LogP contribution in [-0.2, 0) is 11.2 Å². The lowest BCUT2D eigenvalue weighted by molar-refractivity contribution is 0.0263. The molecule has 1 heterocycles. The van der Waals surface area contributed by atoms with E-state index in [1.54, 1.807) is 0 Å². The summed E-state index contributed by atoms with van der Waals surface area (Å²) in [5.74, 6) is -1.22. The Labute approximate surface area is 86.5 Å². The first-order chi connectivity index (χ1) is 7.09. The molecule has 1 aromatic carbocycles. The molecule has 1 aromatic rings. The van der Waals surface area contributed by atoms with Gasteiger partial charge in [-0.05, 0) is 11.6 Å². The van der Waals surface area contributed by atoms with Gasteiger partial charge in [0, 0.05) is 25.5 Å². The highest BCUT2D eigenvalue weighted by molar-refractivity contribution is 5.20. The van der Waals surface area contributed by atoms with Crippen LogP contribution in [0.4, 0.5) is 8.78 Å². The summed E-state index contributed by atoms with van der Waals surface area (Å²) < 4.78 is 31.0. The Balaban J connectivity index is 2.16. The van der Waals surface area contributed by atoms with Crippen LogP contribution in [0.5, 0.6) is 0 Å². The first kappa shape index (κ1) is 10.5. The molecule has 82 valence electrons. The lowest BCUT2D eigenvalue weighted by Gasteiger charge is -2.20. The number of hydrogen-bond acceptors (Lipinski definition) is 2. The molecule has 1 N–H and O–H groups in total. The smallest absolute Gasteiger partial charge is 0.129 e. The van der Waals surface area contributed by atoms with Crippen LogP contribution in [0.15, 0.2) is 18.2 Å². The van der Waals surface area contributed by atoms with Crippen LogP contribution < -0.4 is 0 Å². The van der Waals surface area contributed by atoms with Gasteiger partial charge in [-0.3, -0.25) is 0 Å². The number of ether oxygens (including phenoxy) is 1. The van der Waals surface area contributed by atoms with Crippen LogP contribution in [0, 0.1) is 11.6 Å². The summed E-state index contributed by atoms with van der Waals surface area (Å²) in [5.41, 5.74) is -0.678. The quantitative estimate of drug-likeness (QED) is 0.811. The Morgan fingerprint density at radius 2 is 2.20 bits per heavy atom. The Bertz CT molecular complexity index is 360. The second kappa shape index (κ2) is 3.87. The third kappa shape index (κ3) is 2.33. The predicted molar refractivity (Wildman–Crippen MR) is 50.4 cm³/mol. The van der Waals surface area contributed by atoms with Crippen LogP contribution in [0.1, 0.15) is 12.0 Å².